The summed E-state index contributed by atoms with van der Waals surface area (Å²) < 4.78 is 27.8. The van der Waals surface area contributed by atoms with E-state index in [-0.39, 0.29) is 10.8 Å². The topological polar surface area (TPSA) is 87.3 Å². The Balaban J connectivity index is 1.40. The highest BCUT2D eigenvalue weighted by atomic mass is 32.2. The molecule has 28 heavy (non-hydrogen) atoms. The molecule has 0 saturated carbocycles. The van der Waals surface area contributed by atoms with Crippen molar-refractivity contribution >= 4 is 27.3 Å². The van der Waals surface area contributed by atoms with Gasteiger partial charge in [-0.25, -0.2) is 8.42 Å². The van der Waals surface area contributed by atoms with Crippen molar-refractivity contribution in [1.82, 2.24) is 5.32 Å². The molecule has 0 spiro atoms. The van der Waals surface area contributed by atoms with E-state index in [2.05, 4.69) is 15.4 Å². The van der Waals surface area contributed by atoms with Gasteiger partial charge in [0.25, 0.3) is 10.0 Å². The Morgan fingerprint density at radius 1 is 0.964 bits per heavy atom. The van der Waals surface area contributed by atoms with Gasteiger partial charge in [0.2, 0.25) is 5.91 Å². The number of hydrogen-bond donors (Lipinski definition) is 3. The lowest BCUT2D eigenvalue weighted by molar-refractivity contribution is -0.117. The summed E-state index contributed by atoms with van der Waals surface area (Å²) in [5.74, 6) is 0.335. The van der Waals surface area contributed by atoms with E-state index in [9.17, 15) is 13.2 Å². The average molecular weight is 400 g/mol. The third kappa shape index (κ3) is 4.54. The van der Waals surface area contributed by atoms with Crippen LogP contribution in [0.1, 0.15) is 32.1 Å². The van der Waals surface area contributed by atoms with Crippen molar-refractivity contribution in [2.75, 3.05) is 10.0 Å². The Morgan fingerprint density at radius 2 is 1.64 bits per heavy atom. The third-order valence-electron chi connectivity index (χ3n) is 5.50. The number of fused-ring (bicyclic) bond motifs is 2. The molecule has 0 aliphatic carbocycles. The smallest absolute Gasteiger partial charge is 0.261 e. The van der Waals surface area contributed by atoms with Gasteiger partial charge in [0.15, 0.2) is 0 Å². The molecule has 2 aliphatic rings. The Morgan fingerprint density at radius 3 is 2.36 bits per heavy atom. The van der Waals surface area contributed by atoms with Gasteiger partial charge in [-0.05, 0) is 61.9 Å². The number of piperidine rings is 1. The normalized spacial score (nSPS) is 23.9. The van der Waals surface area contributed by atoms with Crippen molar-refractivity contribution in [1.29, 1.82) is 0 Å². The fraction of sp³-hybridized carbons (Fsp3) is 0.381. The lowest BCUT2D eigenvalue weighted by atomic mass is 9.89. The predicted molar refractivity (Wildman–Crippen MR) is 110 cm³/mol. The Hall–Kier alpha value is -2.38. The third-order valence-corrected chi connectivity index (χ3v) is 6.88. The van der Waals surface area contributed by atoms with E-state index in [1.165, 1.54) is 25.0 Å². The molecule has 2 unspecified atom stereocenters. The highest BCUT2D eigenvalue weighted by Crippen LogP contribution is 2.32. The second kappa shape index (κ2) is 7.93. The predicted octanol–water partition coefficient (Wildman–Crippen LogP) is 3.35. The van der Waals surface area contributed by atoms with E-state index in [1.807, 2.05) is 6.07 Å². The van der Waals surface area contributed by atoms with Crippen molar-refractivity contribution in [3.05, 3.63) is 54.6 Å². The minimum Gasteiger partial charge on any atom is -0.326 e. The fourth-order valence-electron chi connectivity index (χ4n) is 4.28. The van der Waals surface area contributed by atoms with E-state index < -0.39 is 10.0 Å². The van der Waals surface area contributed by atoms with Crippen molar-refractivity contribution < 1.29 is 13.2 Å². The zero-order valence-electron chi connectivity index (χ0n) is 15.6. The van der Waals surface area contributed by atoms with Crippen LogP contribution < -0.4 is 15.4 Å². The summed E-state index contributed by atoms with van der Waals surface area (Å²) >= 11 is 0. The first kappa shape index (κ1) is 19.0. The van der Waals surface area contributed by atoms with Crippen molar-refractivity contribution in [2.45, 2.75) is 49.1 Å². The summed E-state index contributed by atoms with van der Waals surface area (Å²) in [4.78, 5) is 12.6. The maximum Gasteiger partial charge on any atom is 0.261 e. The quantitative estimate of drug-likeness (QED) is 0.695. The molecule has 2 saturated heterocycles. The zero-order chi connectivity index (χ0) is 19.6. The lowest BCUT2D eigenvalue weighted by Gasteiger charge is -2.28. The first-order chi connectivity index (χ1) is 13.5. The summed E-state index contributed by atoms with van der Waals surface area (Å²) in [5.41, 5.74) is 0.996. The van der Waals surface area contributed by atoms with Crippen molar-refractivity contribution in [3.63, 3.8) is 0 Å². The van der Waals surface area contributed by atoms with Gasteiger partial charge in [0.05, 0.1) is 4.90 Å². The molecule has 2 atom stereocenters. The summed E-state index contributed by atoms with van der Waals surface area (Å²) in [6.45, 7) is 0. The number of carbonyl (C=O) groups is 1. The van der Waals surface area contributed by atoms with Crippen molar-refractivity contribution in [2.24, 2.45) is 5.92 Å². The SMILES string of the molecule is O=C(CC1CC2CCC(C1)N2)Nc1cccc(S(=O)(=O)Nc2ccccc2)c1. The first-order valence-corrected chi connectivity index (χ1v) is 11.2. The number of amides is 1. The fourth-order valence-corrected chi connectivity index (χ4v) is 5.38. The molecule has 2 heterocycles. The highest BCUT2D eigenvalue weighted by Gasteiger charge is 2.34. The second-order valence-electron chi connectivity index (χ2n) is 7.73. The monoisotopic (exact) mass is 399 g/mol. The van der Waals surface area contributed by atoms with Crippen LogP contribution in [0.2, 0.25) is 0 Å². The maximum absolute atomic E-state index is 12.6. The summed E-state index contributed by atoms with van der Waals surface area (Å²) in [7, 11) is -3.71. The molecule has 2 bridgehead atoms. The van der Waals surface area contributed by atoms with Gasteiger partial charge < -0.3 is 10.6 Å². The van der Waals surface area contributed by atoms with Gasteiger partial charge in [-0.3, -0.25) is 9.52 Å². The Bertz CT molecular complexity index is 934. The average Bonchev–Trinajstić information content (AvgIpc) is 3.00. The Kier molecular flexibility index (Phi) is 5.37. The number of nitrogens with one attached hydrogen (secondary N) is 3. The zero-order valence-corrected chi connectivity index (χ0v) is 16.4. The molecule has 1 amide bonds. The minimum absolute atomic E-state index is 0.0585. The molecule has 4 rings (SSSR count). The van der Waals surface area contributed by atoms with Gasteiger partial charge in [-0.15, -0.1) is 0 Å². The number of anilines is 2. The van der Waals surface area contributed by atoms with E-state index in [4.69, 9.17) is 0 Å². The van der Waals surface area contributed by atoms with E-state index in [1.54, 1.807) is 36.4 Å². The van der Waals surface area contributed by atoms with Crippen LogP contribution in [0.5, 0.6) is 0 Å². The van der Waals surface area contributed by atoms with Gasteiger partial charge >= 0.3 is 0 Å². The van der Waals surface area contributed by atoms with Crippen LogP contribution in [-0.4, -0.2) is 26.4 Å². The largest absolute Gasteiger partial charge is 0.326 e. The molecule has 0 aromatic heterocycles. The standard InChI is InChI=1S/C21H25N3O3S/c25-21(13-15-11-18-9-10-19(12-15)22-18)23-17-7-4-8-20(14-17)28(26,27)24-16-5-2-1-3-6-16/h1-8,14-15,18-19,22,24H,9-13H2,(H,23,25). The number of sulfonamides is 1. The summed E-state index contributed by atoms with van der Waals surface area (Å²) in [6, 6.07) is 16.2. The van der Waals surface area contributed by atoms with Gasteiger partial charge in [0.1, 0.15) is 0 Å². The number of rotatable bonds is 6. The molecular formula is C21H25N3O3S. The van der Waals surface area contributed by atoms with Crippen LogP contribution in [0.3, 0.4) is 0 Å². The molecule has 0 radical (unpaired) electrons. The number of benzene rings is 2. The number of carbonyl (C=O) groups excluding carboxylic acids is 1. The van der Waals surface area contributed by atoms with Gasteiger partial charge in [0, 0.05) is 29.9 Å². The van der Waals surface area contributed by atoms with Gasteiger partial charge in [-0.1, -0.05) is 24.3 Å². The van der Waals surface area contributed by atoms with Crippen LogP contribution in [0.4, 0.5) is 11.4 Å². The van der Waals surface area contributed by atoms with E-state index in [0.29, 0.717) is 35.8 Å². The molecule has 7 heteroatoms. The number of para-hydroxylation sites is 1. The molecule has 2 aliphatic heterocycles. The van der Waals surface area contributed by atoms with Gasteiger partial charge in [-0.2, -0.15) is 0 Å². The highest BCUT2D eigenvalue weighted by molar-refractivity contribution is 7.92. The van der Waals surface area contributed by atoms with Crippen LogP contribution in [0, 0.1) is 5.92 Å². The van der Waals surface area contributed by atoms with E-state index >= 15 is 0 Å². The van der Waals surface area contributed by atoms with Crippen LogP contribution in [0.15, 0.2) is 59.5 Å². The molecule has 2 aromatic carbocycles. The maximum atomic E-state index is 12.6. The first-order valence-electron chi connectivity index (χ1n) is 9.72. The second-order valence-corrected chi connectivity index (χ2v) is 9.41. The minimum atomic E-state index is -3.71. The summed E-state index contributed by atoms with van der Waals surface area (Å²) in [5, 5.41) is 6.45. The molecular weight excluding hydrogens is 374 g/mol. The Labute approximate surface area is 165 Å². The molecule has 6 nitrogen and oxygen atoms in total. The number of hydrogen-bond acceptors (Lipinski definition) is 4. The summed E-state index contributed by atoms with van der Waals surface area (Å²) in [6.07, 6.45) is 4.97. The van der Waals surface area contributed by atoms with Crippen LogP contribution in [-0.2, 0) is 14.8 Å². The molecule has 2 fully saturated rings. The van der Waals surface area contributed by atoms with Crippen molar-refractivity contribution in [3.8, 4) is 0 Å². The lowest BCUT2D eigenvalue weighted by Crippen LogP contribution is -2.39. The molecule has 2 aromatic rings. The van der Waals surface area contributed by atoms with Crippen LogP contribution in [0.25, 0.3) is 0 Å². The van der Waals surface area contributed by atoms with E-state index in [0.717, 1.165) is 12.8 Å². The molecule has 3 N–H and O–H groups in total. The molecule has 148 valence electrons. The van der Waals surface area contributed by atoms with Crippen LogP contribution >= 0.6 is 0 Å².